The first kappa shape index (κ1) is 24.5. The molecule has 0 aliphatic carbocycles. The number of alkyl carbamates (subject to hydrolysis) is 1. The minimum Gasteiger partial charge on any atom is -0.458 e. The maximum atomic E-state index is 12.6. The van der Waals surface area contributed by atoms with Crippen LogP contribution in [0.15, 0.2) is 12.5 Å². The molecule has 1 aromatic heterocycles. The van der Waals surface area contributed by atoms with Gasteiger partial charge in [0.1, 0.15) is 29.2 Å². The lowest BCUT2D eigenvalue weighted by atomic mass is 10.1. The van der Waals surface area contributed by atoms with Crippen molar-refractivity contribution in [2.75, 3.05) is 0 Å². The fourth-order valence-corrected chi connectivity index (χ4v) is 2.11. The molecule has 9 nitrogen and oxygen atoms in total. The lowest BCUT2D eigenvalue weighted by molar-refractivity contribution is -0.157. The SMILES string of the molecule is CC(C)(C)OC(=O)N[C@@H](Cc1cn(C(=O)OC(C)(C)C)cn1)C(=O)OC(C)(C)C. The first-order valence-electron chi connectivity index (χ1n) is 9.44. The van der Waals surface area contributed by atoms with Gasteiger partial charge in [-0.25, -0.2) is 23.9 Å². The molecular formula is C20H33N3O6. The zero-order chi connectivity index (χ0) is 22.6. The Morgan fingerprint density at radius 3 is 1.93 bits per heavy atom. The molecule has 0 spiro atoms. The third-order valence-corrected chi connectivity index (χ3v) is 3.04. The molecule has 0 radical (unpaired) electrons. The number of rotatable bonds is 4. The number of esters is 1. The van der Waals surface area contributed by atoms with Crippen LogP contribution in [0.5, 0.6) is 0 Å². The second-order valence-electron chi connectivity index (χ2n) is 9.69. The number of hydrogen-bond donors (Lipinski definition) is 1. The Morgan fingerprint density at radius 2 is 1.45 bits per heavy atom. The summed E-state index contributed by atoms with van der Waals surface area (Å²) in [7, 11) is 0. The van der Waals surface area contributed by atoms with Crippen LogP contribution in [0.1, 0.15) is 68.0 Å². The first-order valence-corrected chi connectivity index (χ1v) is 9.44. The molecule has 29 heavy (non-hydrogen) atoms. The van der Waals surface area contributed by atoms with Crippen molar-refractivity contribution < 1.29 is 28.6 Å². The van der Waals surface area contributed by atoms with E-state index in [2.05, 4.69) is 10.3 Å². The van der Waals surface area contributed by atoms with Crippen molar-refractivity contribution >= 4 is 18.2 Å². The smallest absolute Gasteiger partial charge is 0.419 e. The molecule has 1 aromatic rings. The fraction of sp³-hybridized carbons (Fsp3) is 0.700. The van der Waals surface area contributed by atoms with Gasteiger partial charge in [-0.05, 0) is 62.3 Å². The van der Waals surface area contributed by atoms with Crippen LogP contribution in [-0.4, -0.2) is 50.6 Å². The summed E-state index contributed by atoms with van der Waals surface area (Å²) in [6.45, 7) is 15.6. The van der Waals surface area contributed by atoms with Crippen LogP contribution in [0.2, 0.25) is 0 Å². The summed E-state index contributed by atoms with van der Waals surface area (Å²) in [5.74, 6) is -0.629. The van der Waals surface area contributed by atoms with E-state index < -0.39 is 41.0 Å². The monoisotopic (exact) mass is 411 g/mol. The van der Waals surface area contributed by atoms with Gasteiger partial charge in [0.05, 0.1) is 5.69 Å². The third kappa shape index (κ3) is 9.96. The standard InChI is InChI=1S/C20H33N3O6/c1-18(2,3)27-15(24)14(22-16(25)28-19(4,5)6)10-13-11-23(12-21-13)17(26)29-20(7,8)9/h11-12,14H,10H2,1-9H3,(H,22,25)/t14-/m0/s1. The molecule has 0 saturated heterocycles. The van der Waals surface area contributed by atoms with Crippen LogP contribution < -0.4 is 5.32 Å². The van der Waals surface area contributed by atoms with E-state index in [0.29, 0.717) is 5.69 Å². The van der Waals surface area contributed by atoms with Gasteiger partial charge in [0.15, 0.2) is 0 Å². The highest BCUT2D eigenvalue weighted by molar-refractivity contribution is 5.82. The predicted molar refractivity (Wildman–Crippen MR) is 107 cm³/mol. The van der Waals surface area contributed by atoms with Crippen molar-refractivity contribution in [3.8, 4) is 0 Å². The van der Waals surface area contributed by atoms with Crippen LogP contribution in [0.3, 0.4) is 0 Å². The molecule has 0 aliphatic heterocycles. The zero-order valence-corrected chi connectivity index (χ0v) is 18.8. The van der Waals surface area contributed by atoms with Crippen LogP contribution in [-0.2, 0) is 25.4 Å². The summed E-state index contributed by atoms with van der Waals surface area (Å²) in [6.07, 6.45) is 1.42. The van der Waals surface area contributed by atoms with E-state index in [0.717, 1.165) is 0 Å². The normalized spacial score (nSPS) is 13.4. The van der Waals surface area contributed by atoms with Crippen molar-refractivity contribution in [1.29, 1.82) is 0 Å². The zero-order valence-electron chi connectivity index (χ0n) is 18.8. The summed E-state index contributed by atoms with van der Waals surface area (Å²) < 4.78 is 17.1. The minimum absolute atomic E-state index is 0.0178. The van der Waals surface area contributed by atoms with Gasteiger partial charge in [-0.15, -0.1) is 0 Å². The number of hydrogen-bond acceptors (Lipinski definition) is 7. The van der Waals surface area contributed by atoms with Gasteiger partial charge < -0.3 is 19.5 Å². The number of nitrogens with zero attached hydrogens (tertiary/aromatic N) is 2. The lowest BCUT2D eigenvalue weighted by Gasteiger charge is -2.26. The Hall–Kier alpha value is -2.58. The molecule has 0 fully saturated rings. The maximum Gasteiger partial charge on any atom is 0.419 e. The molecule has 1 amide bonds. The summed E-state index contributed by atoms with van der Waals surface area (Å²) >= 11 is 0. The molecule has 1 heterocycles. The quantitative estimate of drug-likeness (QED) is 0.597. The molecule has 9 heteroatoms. The van der Waals surface area contributed by atoms with E-state index in [1.54, 1.807) is 62.3 Å². The van der Waals surface area contributed by atoms with Gasteiger partial charge >= 0.3 is 18.2 Å². The van der Waals surface area contributed by atoms with Crippen molar-refractivity contribution in [2.45, 2.75) is 91.6 Å². The molecule has 0 saturated carbocycles. The van der Waals surface area contributed by atoms with E-state index in [-0.39, 0.29) is 6.42 Å². The fourth-order valence-electron chi connectivity index (χ4n) is 2.11. The molecular weight excluding hydrogens is 378 g/mol. The molecule has 0 aliphatic rings. The Labute approximate surface area is 172 Å². The maximum absolute atomic E-state index is 12.6. The van der Waals surface area contributed by atoms with E-state index in [9.17, 15) is 14.4 Å². The van der Waals surface area contributed by atoms with Crippen LogP contribution >= 0.6 is 0 Å². The van der Waals surface area contributed by atoms with Crippen molar-refractivity contribution in [3.63, 3.8) is 0 Å². The van der Waals surface area contributed by atoms with Gasteiger partial charge in [-0.3, -0.25) is 0 Å². The summed E-state index contributed by atoms with van der Waals surface area (Å²) in [4.78, 5) is 41.0. The topological polar surface area (TPSA) is 109 Å². The van der Waals surface area contributed by atoms with Crippen LogP contribution in [0, 0.1) is 0 Å². The average Bonchev–Trinajstić information content (AvgIpc) is 2.89. The third-order valence-electron chi connectivity index (χ3n) is 3.04. The molecule has 1 atom stereocenters. The number of imidazole rings is 1. The first-order chi connectivity index (χ1) is 13.0. The van der Waals surface area contributed by atoms with Gasteiger partial charge in [0.25, 0.3) is 0 Å². The van der Waals surface area contributed by atoms with Gasteiger partial charge in [-0.2, -0.15) is 0 Å². The molecule has 1 N–H and O–H groups in total. The van der Waals surface area contributed by atoms with Crippen molar-refractivity contribution in [3.05, 3.63) is 18.2 Å². The van der Waals surface area contributed by atoms with E-state index in [4.69, 9.17) is 14.2 Å². The highest BCUT2D eigenvalue weighted by Crippen LogP contribution is 2.14. The molecule has 0 bridgehead atoms. The Morgan fingerprint density at radius 1 is 0.931 bits per heavy atom. The Kier molecular flexibility index (Phi) is 7.45. The lowest BCUT2D eigenvalue weighted by Crippen LogP contribution is -2.47. The number of amides is 1. The number of ether oxygens (including phenoxy) is 3. The molecule has 164 valence electrons. The van der Waals surface area contributed by atoms with Gasteiger partial charge in [0, 0.05) is 12.6 Å². The summed E-state index contributed by atoms with van der Waals surface area (Å²) in [6, 6.07) is -1.04. The van der Waals surface area contributed by atoms with Gasteiger partial charge in [0.2, 0.25) is 0 Å². The van der Waals surface area contributed by atoms with E-state index in [1.807, 2.05) is 0 Å². The predicted octanol–water partition coefficient (Wildman–Crippen LogP) is 3.44. The summed E-state index contributed by atoms with van der Waals surface area (Å²) in [5.41, 5.74) is -1.71. The minimum atomic E-state index is -1.04. The highest BCUT2D eigenvalue weighted by Gasteiger charge is 2.30. The number of carbonyl (C=O) groups is 3. The van der Waals surface area contributed by atoms with Crippen molar-refractivity contribution in [1.82, 2.24) is 14.9 Å². The molecule has 0 aromatic carbocycles. The van der Waals surface area contributed by atoms with Gasteiger partial charge in [-0.1, -0.05) is 0 Å². The van der Waals surface area contributed by atoms with E-state index >= 15 is 0 Å². The average molecular weight is 411 g/mol. The van der Waals surface area contributed by atoms with E-state index in [1.165, 1.54) is 17.1 Å². The number of carbonyl (C=O) groups excluding carboxylic acids is 3. The largest absolute Gasteiger partial charge is 0.458 e. The second kappa shape index (κ2) is 8.84. The Balaban J connectivity index is 2.95. The second-order valence-corrected chi connectivity index (χ2v) is 9.69. The van der Waals surface area contributed by atoms with Crippen LogP contribution in [0.4, 0.5) is 9.59 Å². The molecule has 0 unspecified atom stereocenters. The van der Waals surface area contributed by atoms with Crippen molar-refractivity contribution in [2.24, 2.45) is 0 Å². The summed E-state index contributed by atoms with van der Waals surface area (Å²) in [5, 5.41) is 2.52. The molecule has 1 rings (SSSR count). The number of aromatic nitrogens is 2. The number of nitrogens with one attached hydrogen (secondary N) is 1. The highest BCUT2D eigenvalue weighted by atomic mass is 16.6. The Bertz CT molecular complexity index is 735. The van der Waals surface area contributed by atoms with Crippen LogP contribution in [0.25, 0.3) is 0 Å².